The molecule has 1 aliphatic carbocycles. The quantitative estimate of drug-likeness (QED) is 0.742. The average molecular weight is 242 g/mol. The second-order valence-corrected chi connectivity index (χ2v) is 5.77. The second-order valence-electron chi connectivity index (χ2n) is 4.79. The first-order chi connectivity index (χ1) is 7.81. The number of hydrogen-bond donors (Lipinski definition) is 0. The minimum atomic E-state index is 0.373. The Labute approximate surface area is 103 Å². The van der Waals surface area contributed by atoms with Gasteiger partial charge in [0.25, 0.3) is 0 Å². The zero-order valence-corrected chi connectivity index (χ0v) is 11.0. The largest absolute Gasteiger partial charge is 0.340 e. The number of rotatable bonds is 4. The summed E-state index contributed by atoms with van der Waals surface area (Å²) in [4.78, 5) is 16.6. The minimum Gasteiger partial charge on any atom is -0.340 e. The number of thioether (sulfide) groups is 1. The smallest absolute Gasteiger partial charge is 0.225 e. The van der Waals surface area contributed by atoms with Crippen LogP contribution in [0.5, 0.6) is 0 Å². The molecule has 16 heavy (non-hydrogen) atoms. The van der Waals surface area contributed by atoms with Gasteiger partial charge in [-0.1, -0.05) is 6.42 Å². The number of nitrogens with zero attached hydrogens (tertiary/aromatic N) is 2. The van der Waals surface area contributed by atoms with E-state index in [1.807, 2.05) is 11.8 Å². The topological polar surface area (TPSA) is 23.6 Å². The molecule has 1 saturated carbocycles. The van der Waals surface area contributed by atoms with Crippen LogP contribution in [0.25, 0.3) is 0 Å². The second kappa shape index (κ2) is 5.92. The monoisotopic (exact) mass is 242 g/mol. The van der Waals surface area contributed by atoms with Crippen LogP contribution >= 0.6 is 11.8 Å². The first-order valence-electron chi connectivity index (χ1n) is 6.31. The number of carbonyl (C=O) groups is 1. The fourth-order valence-electron chi connectivity index (χ4n) is 2.33. The van der Waals surface area contributed by atoms with Crippen LogP contribution in [0, 0.1) is 5.92 Å². The average Bonchev–Trinajstić information content (AvgIpc) is 2.24. The summed E-state index contributed by atoms with van der Waals surface area (Å²) in [5.41, 5.74) is 0. The Kier molecular flexibility index (Phi) is 4.53. The molecule has 2 rings (SSSR count). The molecule has 1 amide bonds. The van der Waals surface area contributed by atoms with E-state index >= 15 is 0 Å². The van der Waals surface area contributed by atoms with Crippen molar-refractivity contribution in [1.29, 1.82) is 0 Å². The molecule has 1 saturated heterocycles. The van der Waals surface area contributed by atoms with Crippen molar-refractivity contribution >= 4 is 17.7 Å². The van der Waals surface area contributed by atoms with Crippen molar-refractivity contribution in [2.75, 3.05) is 44.7 Å². The summed E-state index contributed by atoms with van der Waals surface area (Å²) < 4.78 is 0. The zero-order valence-electron chi connectivity index (χ0n) is 10.2. The van der Waals surface area contributed by atoms with Crippen molar-refractivity contribution in [3.05, 3.63) is 0 Å². The van der Waals surface area contributed by atoms with Crippen LogP contribution in [0.1, 0.15) is 19.3 Å². The summed E-state index contributed by atoms with van der Waals surface area (Å²) in [7, 11) is 0. The molecule has 0 aromatic carbocycles. The molecule has 1 aliphatic heterocycles. The van der Waals surface area contributed by atoms with Gasteiger partial charge in [0, 0.05) is 44.4 Å². The van der Waals surface area contributed by atoms with Crippen LogP contribution in [-0.2, 0) is 4.79 Å². The van der Waals surface area contributed by atoms with Crippen molar-refractivity contribution in [3.8, 4) is 0 Å². The standard InChI is InChI=1S/C12H22N2OS/c1-16-10-9-13-5-7-14(8-6-13)12(15)11-3-2-4-11/h11H,2-10H2,1H3. The van der Waals surface area contributed by atoms with Crippen LogP contribution in [0.15, 0.2) is 0 Å². The van der Waals surface area contributed by atoms with E-state index in [2.05, 4.69) is 16.1 Å². The van der Waals surface area contributed by atoms with Gasteiger partial charge in [-0.2, -0.15) is 11.8 Å². The fourth-order valence-corrected chi connectivity index (χ4v) is 2.77. The van der Waals surface area contributed by atoms with E-state index in [1.54, 1.807) is 0 Å². The summed E-state index contributed by atoms with van der Waals surface area (Å²) >= 11 is 1.90. The van der Waals surface area contributed by atoms with Gasteiger partial charge in [0.1, 0.15) is 0 Å². The Morgan fingerprint density at radius 3 is 2.44 bits per heavy atom. The summed E-state index contributed by atoms with van der Waals surface area (Å²) in [6.45, 7) is 5.21. The van der Waals surface area contributed by atoms with E-state index in [9.17, 15) is 4.79 Å². The molecule has 1 heterocycles. The normalized spacial score (nSPS) is 23.2. The van der Waals surface area contributed by atoms with Crippen LogP contribution in [0.3, 0.4) is 0 Å². The van der Waals surface area contributed by atoms with Crippen molar-refractivity contribution in [3.63, 3.8) is 0 Å². The maximum atomic E-state index is 12.0. The predicted octanol–water partition coefficient (Wildman–Crippen LogP) is 1.29. The van der Waals surface area contributed by atoms with Gasteiger partial charge in [-0.05, 0) is 19.1 Å². The zero-order chi connectivity index (χ0) is 11.4. The lowest BCUT2D eigenvalue weighted by Crippen LogP contribution is -2.51. The van der Waals surface area contributed by atoms with Gasteiger partial charge < -0.3 is 4.90 Å². The van der Waals surface area contributed by atoms with Gasteiger partial charge in [-0.3, -0.25) is 9.69 Å². The molecule has 0 unspecified atom stereocenters. The minimum absolute atomic E-state index is 0.373. The van der Waals surface area contributed by atoms with Gasteiger partial charge in [-0.15, -0.1) is 0 Å². The molecule has 0 aromatic heterocycles. The molecule has 4 heteroatoms. The molecule has 0 radical (unpaired) electrons. The molecule has 3 nitrogen and oxygen atoms in total. The van der Waals surface area contributed by atoms with Crippen molar-refractivity contribution < 1.29 is 4.79 Å². The highest BCUT2D eigenvalue weighted by atomic mass is 32.2. The number of carbonyl (C=O) groups excluding carboxylic acids is 1. The molecule has 92 valence electrons. The highest BCUT2D eigenvalue weighted by Gasteiger charge is 2.30. The Morgan fingerprint density at radius 2 is 1.94 bits per heavy atom. The SMILES string of the molecule is CSCCN1CCN(C(=O)C2CCC2)CC1. The van der Waals surface area contributed by atoms with Gasteiger partial charge in [0.15, 0.2) is 0 Å². The van der Waals surface area contributed by atoms with E-state index in [1.165, 1.54) is 18.7 Å². The summed E-state index contributed by atoms with van der Waals surface area (Å²) in [5.74, 6) is 2.00. The Hall–Kier alpha value is -0.220. The molecule has 2 fully saturated rings. The number of piperazine rings is 1. The lowest BCUT2D eigenvalue weighted by atomic mass is 9.84. The maximum Gasteiger partial charge on any atom is 0.225 e. The van der Waals surface area contributed by atoms with Gasteiger partial charge in [-0.25, -0.2) is 0 Å². The Bertz CT molecular complexity index is 235. The van der Waals surface area contributed by atoms with Crippen molar-refractivity contribution in [1.82, 2.24) is 9.80 Å². The molecule has 0 aromatic rings. The molecule has 0 N–H and O–H groups in total. The molecule has 0 bridgehead atoms. The third-order valence-electron chi connectivity index (χ3n) is 3.75. The lowest BCUT2D eigenvalue weighted by molar-refractivity contribution is -0.139. The molecular formula is C12H22N2OS. The van der Waals surface area contributed by atoms with E-state index in [4.69, 9.17) is 0 Å². The summed E-state index contributed by atoms with van der Waals surface area (Å²) in [6, 6.07) is 0. The van der Waals surface area contributed by atoms with Crippen LogP contribution in [0.4, 0.5) is 0 Å². The van der Waals surface area contributed by atoms with Crippen LogP contribution < -0.4 is 0 Å². The van der Waals surface area contributed by atoms with Crippen LogP contribution in [-0.4, -0.2) is 60.4 Å². The molecule has 0 atom stereocenters. The Balaban J connectivity index is 1.69. The van der Waals surface area contributed by atoms with Crippen LogP contribution in [0.2, 0.25) is 0 Å². The highest BCUT2D eigenvalue weighted by Crippen LogP contribution is 2.28. The predicted molar refractivity (Wildman–Crippen MR) is 68.7 cm³/mol. The van der Waals surface area contributed by atoms with Crippen molar-refractivity contribution in [2.24, 2.45) is 5.92 Å². The molecule has 0 spiro atoms. The summed E-state index contributed by atoms with van der Waals surface area (Å²) in [6.07, 6.45) is 5.66. The van der Waals surface area contributed by atoms with Gasteiger partial charge in [0.05, 0.1) is 0 Å². The van der Waals surface area contributed by atoms with Gasteiger partial charge in [0.2, 0.25) is 5.91 Å². The third kappa shape index (κ3) is 2.92. The third-order valence-corrected chi connectivity index (χ3v) is 4.34. The van der Waals surface area contributed by atoms with Crippen molar-refractivity contribution in [2.45, 2.75) is 19.3 Å². The highest BCUT2D eigenvalue weighted by molar-refractivity contribution is 7.98. The van der Waals surface area contributed by atoms with E-state index in [0.717, 1.165) is 39.0 Å². The maximum absolute atomic E-state index is 12.0. The molecule has 2 aliphatic rings. The van der Waals surface area contributed by atoms with E-state index in [-0.39, 0.29) is 0 Å². The van der Waals surface area contributed by atoms with Gasteiger partial charge >= 0.3 is 0 Å². The number of hydrogen-bond acceptors (Lipinski definition) is 3. The van der Waals surface area contributed by atoms with E-state index in [0.29, 0.717) is 11.8 Å². The summed E-state index contributed by atoms with van der Waals surface area (Å²) in [5, 5.41) is 0. The first kappa shape index (κ1) is 12.2. The first-order valence-corrected chi connectivity index (χ1v) is 7.70. The molecular weight excluding hydrogens is 220 g/mol. The Morgan fingerprint density at radius 1 is 1.25 bits per heavy atom. The fraction of sp³-hybridized carbons (Fsp3) is 0.917. The number of amides is 1. The lowest BCUT2D eigenvalue weighted by Gasteiger charge is -2.38. The van der Waals surface area contributed by atoms with E-state index < -0.39 is 0 Å².